The van der Waals surface area contributed by atoms with Gasteiger partial charge in [-0.25, -0.2) is 4.39 Å². The van der Waals surface area contributed by atoms with Crippen molar-refractivity contribution < 1.29 is 28.6 Å². The minimum absolute atomic E-state index is 0.182. The third-order valence-corrected chi connectivity index (χ3v) is 4.09. The zero-order valence-corrected chi connectivity index (χ0v) is 14.1. The lowest BCUT2D eigenvalue weighted by atomic mass is 10.1. The highest BCUT2D eigenvalue weighted by Gasteiger charge is 2.32. The zero-order valence-electron chi connectivity index (χ0n) is 12.5. The van der Waals surface area contributed by atoms with E-state index < -0.39 is 23.9 Å². The number of carboxylic acid groups (broad SMARTS) is 1. The van der Waals surface area contributed by atoms with Gasteiger partial charge >= 0.3 is 5.97 Å². The maximum absolute atomic E-state index is 13.1. The molecule has 0 aliphatic carbocycles. The molecule has 126 valence electrons. The van der Waals surface area contributed by atoms with Crippen LogP contribution in [0.2, 0.25) is 0 Å². The van der Waals surface area contributed by atoms with Crippen LogP contribution in [0.15, 0.2) is 22.7 Å². The molecule has 0 radical (unpaired) electrons. The van der Waals surface area contributed by atoms with Crippen LogP contribution in [0, 0.1) is 5.82 Å². The Labute approximate surface area is 141 Å². The van der Waals surface area contributed by atoms with Gasteiger partial charge in [0.05, 0.1) is 30.1 Å². The monoisotopic (exact) mass is 389 g/mol. The number of hydrogen-bond acceptors (Lipinski definition) is 4. The Morgan fingerprint density at radius 1 is 1.57 bits per heavy atom. The molecule has 0 spiro atoms. The number of halogens is 2. The van der Waals surface area contributed by atoms with Crippen LogP contribution in [0.4, 0.5) is 4.39 Å². The Balaban J connectivity index is 2.06. The summed E-state index contributed by atoms with van der Waals surface area (Å²) in [5.41, 5.74) is 0. The number of aliphatic carboxylic acids is 1. The number of benzene rings is 1. The summed E-state index contributed by atoms with van der Waals surface area (Å²) in [5, 5.41) is 8.93. The first-order valence-corrected chi connectivity index (χ1v) is 7.89. The number of hydrogen-bond donors (Lipinski definition) is 1. The Kier molecular flexibility index (Phi) is 5.95. The molecule has 1 fully saturated rings. The first kappa shape index (κ1) is 17.7. The smallest absolute Gasteiger partial charge is 0.305 e. The first-order valence-electron chi connectivity index (χ1n) is 7.10. The summed E-state index contributed by atoms with van der Waals surface area (Å²) >= 11 is 3.18. The number of ether oxygens (including phenoxy) is 2. The van der Waals surface area contributed by atoms with E-state index in [0.717, 1.165) is 0 Å². The normalized spacial score (nSPS) is 19.3. The highest BCUT2D eigenvalue weighted by atomic mass is 79.9. The molecule has 1 amide bonds. The van der Waals surface area contributed by atoms with Gasteiger partial charge in [-0.1, -0.05) is 0 Å². The molecule has 2 atom stereocenters. The second kappa shape index (κ2) is 7.74. The maximum atomic E-state index is 13.1. The van der Waals surface area contributed by atoms with Gasteiger partial charge in [-0.05, 0) is 41.1 Å². The Hall–Kier alpha value is -1.67. The highest BCUT2D eigenvalue weighted by molar-refractivity contribution is 9.10. The largest absolute Gasteiger partial charge is 0.481 e. The minimum Gasteiger partial charge on any atom is -0.481 e. The van der Waals surface area contributed by atoms with Gasteiger partial charge in [0.15, 0.2) is 6.10 Å². The number of carbonyl (C=O) groups is 2. The summed E-state index contributed by atoms with van der Waals surface area (Å²) in [6.45, 7) is 2.43. The Morgan fingerprint density at radius 2 is 2.30 bits per heavy atom. The van der Waals surface area contributed by atoms with Gasteiger partial charge in [-0.2, -0.15) is 0 Å². The summed E-state index contributed by atoms with van der Waals surface area (Å²) in [7, 11) is 0. The average molecular weight is 390 g/mol. The van der Waals surface area contributed by atoms with Gasteiger partial charge in [-0.15, -0.1) is 0 Å². The highest BCUT2D eigenvalue weighted by Crippen LogP contribution is 2.27. The molecule has 0 bridgehead atoms. The van der Waals surface area contributed by atoms with Crippen molar-refractivity contribution in [3.8, 4) is 5.75 Å². The number of carboxylic acids is 1. The summed E-state index contributed by atoms with van der Waals surface area (Å²) in [6.07, 6.45) is -1.01. The summed E-state index contributed by atoms with van der Waals surface area (Å²) in [5.74, 6) is -1.39. The van der Waals surface area contributed by atoms with Crippen LogP contribution in [-0.4, -0.2) is 53.8 Å². The van der Waals surface area contributed by atoms with E-state index in [0.29, 0.717) is 23.4 Å². The van der Waals surface area contributed by atoms with Crippen molar-refractivity contribution in [1.82, 2.24) is 4.90 Å². The van der Waals surface area contributed by atoms with E-state index in [1.807, 2.05) is 0 Å². The Morgan fingerprint density at radius 3 is 2.96 bits per heavy atom. The van der Waals surface area contributed by atoms with Crippen LogP contribution in [0.1, 0.15) is 13.3 Å². The molecule has 1 aromatic rings. The molecule has 1 aromatic carbocycles. The molecule has 23 heavy (non-hydrogen) atoms. The van der Waals surface area contributed by atoms with E-state index in [1.165, 1.54) is 23.1 Å². The lowest BCUT2D eigenvalue weighted by Crippen LogP contribution is -2.53. The standard InChI is InChI=1S/C15H17BrFNO5/c1-9(23-13-3-2-10(17)6-12(13)16)15(21)18-4-5-22-8-11(18)7-14(19)20/h2-3,6,9,11H,4-5,7-8H2,1H3,(H,19,20). The van der Waals surface area contributed by atoms with Gasteiger partial charge in [0.25, 0.3) is 5.91 Å². The second-order valence-corrected chi connectivity index (χ2v) is 6.05. The third kappa shape index (κ3) is 4.65. The van der Waals surface area contributed by atoms with Gasteiger partial charge in [0.1, 0.15) is 11.6 Å². The number of carbonyl (C=O) groups excluding carboxylic acids is 1. The van der Waals surface area contributed by atoms with E-state index >= 15 is 0 Å². The second-order valence-electron chi connectivity index (χ2n) is 5.19. The fraction of sp³-hybridized carbons (Fsp3) is 0.467. The van der Waals surface area contributed by atoms with E-state index in [2.05, 4.69) is 15.9 Å². The van der Waals surface area contributed by atoms with Gasteiger partial charge in [0, 0.05) is 6.54 Å². The number of nitrogens with zero attached hydrogens (tertiary/aromatic N) is 1. The lowest BCUT2D eigenvalue weighted by Gasteiger charge is -2.36. The van der Waals surface area contributed by atoms with Crippen LogP contribution >= 0.6 is 15.9 Å². The molecule has 2 unspecified atom stereocenters. The van der Waals surface area contributed by atoms with Crippen LogP contribution < -0.4 is 4.74 Å². The van der Waals surface area contributed by atoms with Crippen molar-refractivity contribution in [2.45, 2.75) is 25.5 Å². The van der Waals surface area contributed by atoms with E-state index in [9.17, 15) is 14.0 Å². The van der Waals surface area contributed by atoms with Gasteiger partial charge < -0.3 is 19.5 Å². The Bertz CT molecular complexity index is 597. The van der Waals surface area contributed by atoms with Crippen LogP contribution in [-0.2, 0) is 14.3 Å². The topological polar surface area (TPSA) is 76.1 Å². The summed E-state index contributed by atoms with van der Waals surface area (Å²) < 4.78 is 24.3. The molecule has 0 saturated carbocycles. The molecule has 1 aliphatic heterocycles. The predicted molar refractivity (Wildman–Crippen MR) is 82.8 cm³/mol. The average Bonchev–Trinajstić information content (AvgIpc) is 2.49. The fourth-order valence-electron chi connectivity index (χ4n) is 2.36. The molecule has 1 saturated heterocycles. The molecule has 8 heteroatoms. The number of rotatable bonds is 5. The summed E-state index contributed by atoms with van der Waals surface area (Å²) in [4.78, 5) is 24.9. The van der Waals surface area contributed by atoms with Crippen LogP contribution in [0.5, 0.6) is 5.75 Å². The minimum atomic E-state index is -0.992. The van der Waals surface area contributed by atoms with Crippen LogP contribution in [0.3, 0.4) is 0 Å². The lowest BCUT2D eigenvalue weighted by molar-refractivity contribution is -0.150. The first-order chi connectivity index (χ1) is 10.9. The van der Waals surface area contributed by atoms with E-state index in [4.69, 9.17) is 14.6 Å². The van der Waals surface area contributed by atoms with Crippen LogP contribution in [0.25, 0.3) is 0 Å². The quantitative estimate of drug-likeness (QED) is 0.833. The van der Waals surface area contributed by atoms with E-state index in [-0.39, 0.29) is 18.9 Å². The van der Waals surface area contributed by atoms with Crippen molar-refractivity contribution in [2.75, 3.05) is 19.8 Å². The van der Waals surface area contributed by atoms with Crippen molar-refractivity contribution >= 4 is 27.8 Å². The van der Waals surface area contributed by atoms with Crippen molar-refractivity contribution in [1.29, 1.82) is 0 Å². The molecule has 6 nitrogen and oxygen atoms in total. The zero-order chi connectivity index (χ0) is 17.0. The predicted octanol–water partition coefficient (Wildman–Crippen LogP) is 2.06. The number of morpholine rings is 1. The molecular weight excluding hydrogens is 373 g/mol. The molecule has 2 rings (SSSR count). The molecule has 1 aliphatic rings. The maximum Gasteiger partial charge on any atom is 0.305 e. The van der Waals surface area contributed by atoms with Gasteiger partial charge in [-0.3, -0.25) is 9.59 Å². The van der Waals surface area contributed by atoms with Crippen molar-refractivity contribution in [2.24, 2.45) is 0 Å². The van der Waals surface area contributed by atoms with E-state index in [1.54, 1.807) is 6.92 Å². The third-order valence-electron chi connectivity index (χ3n) is 3.47. The van der Waals surface area contributed by atoms with Gasteiger partial charge in [0.2, 0.25) is 0 Å². The van der Waals surface area contributed by atoms with Crippen molar-refractivity contribution in [3.05, 3.63) is 28.5 Å². The fourth-order valence-corrected chi connectivity index (χ4v) is 2.81. The molecule has 0 aromatic heterocycles. The van der Waals surface area contributed by atoms with Crippen molar-refractivity contribution in [3.63, 3.8) is 0 Å². The SMILES string of the molecule is CC(Oc1ccc(F)cc1Br)C(=O)N1CCOCC1CC(=O)O. The molecule has 1 N–H and O–H groups in total. The number of amides is 1. The summed E-state index contributed by atoms with van der Waals surface area (Å²) in [6, 6.07) is 3.39. The molecule has 1 heterocycles. The molecular formula is C15H17BrFNO5.